The molecule has 0 saturated carbocycles. The summed E-state index contributed by atoms with van der Waals surface area (Å²) in [6.45, 7) is 2.57. The first-order valence-electron chi connectivity index (χ1n) is 5.14. The fraction of sp³-hybridized carbons (Fsp3) is 0.364. The second-order valence-electron chi connectivity index (χ2n) is 3.44. The predicted molar refractivity (Wildman–Crippen MR) is 62.9 cm³/mol. The van der Waals surface area contributed by atoms with Gasteiger partial charge in [-0.15, -0.1) is 0 Å². The molecule has 0 atom stereocenters. The molecule has 88 valence electrons. The van der Waals surface area contributed by atoms with Gasteiger partial charge in [-0.25, -0.2) is 4.39 Å². The Morgan fingerprint density at radius 2 is 2.25 bits per heavy atom. The van der Waals surface area contributed by atoms with Crippen molar-refractivity contribution in [1.82, 2.24) is 0 Å². The number of nitrogens with two attached hydrogens (primary N) is 1. The second-order valence-corrected chi connectivity index (χ2v) is 3.44. The summed E-state index contributed by atoms with van der Waals surface area (Å²) in [4.78, 5) is 10.8. The summed E-state index contributed by atoms with van der Waals surface area (Å²) in [5, 5.41) is 5.51. The minimum Gasteiger partial charge on any atom is -0.383 e. The van der Waals surface area contributed by atoms with E-state index in [-0.39, 0.29) is 11.7 Å². The Morgan fingerprint density at radius 1 is 1.50 bits per heavy atom. The molecule has 1 rings (SSSR count). The molecular formula is C11H16FN3O. The van der Waals surface area contributed by atoms with E-state index in [1.165, 1.54) is 19.1 Å². The minimum absolute atomic E-state index is 0.181. The van der Waals surface area contributed by atoms with Gasteiger partial charge in [0.2, 0.25) is 5.91 Å². The molecule has 0 aliphatic carbocycles. The third kappa shape index (κ3) is 3.86. The molecule has 0 fully saturated rings. The lowest BCUT2D eigenvalue weighted by Gasteiger charge is -2.09. The van der Waals surface area contributed by atoms with Crippen LogP contribution in [0.25, 0.3) is 0 Å². The highest BCUT2D eigenvalue weighted by Crippen LogP contribution is 2.19. The van der Waals surface area contributed by atoms with Crippen LogP contribution < -0.4 is 16.4 Å². The number of halogens is 1. The summed E-state index contributed by atoms with van der Waals surface area (Å²) in [6.07, 6.45) is 0.768. The zero-order valence-corrected chi connectivity index (χ0v) is 9.22. The van der Waals surface area contributed by atoms with E-state index in [2.05, 4.69) is 10.6 Å². The standard InChI is InChI=1S/C11H16FN3O/c1-8(16)15-9-3-4-10(12)11(7-9)14-6-2-5-13/h3-4,7,14H,2,5-6,13H2,1H3,(H,15,16). The number of benzene rings is 1. The zero-order valence-electron chi connectivity index (χ0n) is 9.22. The van der Waals surface area contributed by atoms with Crippen LogP contribution in [0, 0.1) is 5.82 Å². The van der Waals surface area contributed by atoms with Crippen molar-refractivity contribution in [1.29, 1.82) is 0 Å². The lowest BCUT2D eigenvalue weighted by Crippen LogP contribution is -2.10. The highest BCUT2D eigenvalue weighted by atomic mass is 19.1. The van der Waals surface area contributed by atoms with E-state index in [9.17, 15) is 9.18 Å². The number of hydrogen-bond acceptors (Lipinski definition) is 3. The molecule has 0 saturated heterocycles. The third-order valence-electron chi connectivity index (χ3n) is 1.98. The first-order valence-corrected chi connectivity index (χ1v) is 5.14. The molecule has 4 nitrogen and oxygen atoms in total. The van der Waals surface area contributed by atoms with E-state index in [0.717, 1.165) is 6.42 Å². The SMILES string of the molecule is CC(=O)Nc1ccc(F)c(NCCCN)c1. The van der Waals surface area contributed by atoms with E-state index in [0.29, 0.717) is 24.5 Å². The van der Waals surface area contributed by atoms with Crippen molar-refractivity contribution in [3.63, 3.8) is 0 Å². The number of nitrogens with one attached hydrogen (secondary N) is 2. The van der Waals surface area contributed by atoms with Crippen molar-refractivity contribution < 1.29 is 9.18 Å². The van der Waals surface area contributed by atoms with E-state index in [1.54, 1.807) is 6.07 Å². The van der Waals surface area contributed by atoms with Gasteiger partial charge in [-0.05, 0) is 31.2 Å². The fourth-order valence-corrected chi connectivity index (χ4v) is 1.27. The normalized spacial score (nSPS) is 9.94. The summed E-state index contributed by atoms with van der Waals surface area (Å²) in [6, 6.07) is 4.40. The Hall–Kier alpha value is -1.62. The maximum Gasteiger partial charge on any atom is 0.221 e. The molecule has 0 aliphatic rings. The van der Waals surface area contributed by atoms with Crippen molar-refractivity contribution >= 4 is 17.3 Å². The molecule has 0 unspecified atom stereocenters. The number of anilines is 2. The quantitative estimate of drug-likeness (QED) is 0.666. The van der Waals surface area contributed by atoms with Gasteiger partial charge in [-0.3, -0.25) is 4.79 Å². The first-order chi connectivity index (χ1) is 7.63. The molecule has 0 radical (unpaired) electrons. The van der Waals surface area contributed by atoms with E-state index in [1.807, 2.05) is 0 Å². The number of hydrogen-bond donors (Lipinski definition) is 3. The van der Waals surface area contributed by atoms with Gasteiger partial charge < -0.3 is 16.4 Å². The molecule has 0 aliphatic heterocycles. The largest absolute Gasteiger partial charge is 0.383 e. The summed E-state index contributed by atoms with van der Waals surface area (Å²) in [5.74, 6) is -0.523. The van der Waals surface area contributed by atoms with Gasteiger partial charge in [0.15, 0.2) is 0 Å². The van der Waals surface area contributed by atoms with E-state index >= 15 is 0 Å². The molecule has 16 heavy (non-hydrogen) atoms. The van der Waals surface area contributed by atoms with Gasteiger partial charge in [0.05, 0.1) is 5.69 Å². The van der Waals surface area contributed by atoms with Crippen molar-refractivity contribution in [2.45, 2.75) is 13.3 Å². The molecule has 4 N–H and O–H groups in total. The number of amides is 1. The Bertz CT molecular complexity index is 368. The van der Waals surface area contributed by atoms with E-state index in [4.69, 9.17) is 5.73 Å². The van der Waals surface area contributed by atoms with Crippen LogP contribution in [0.5, 0.6) is 0 Å². The van der Waals surface area contributed by atoms with Gasteiger partial charge in [0, 0.05) is 19.2 Å². The lowest BCUT2D eigenvalue weighted by molar-refractivity contribution is -0.114. The van der Waals surface area contributed by atoms with Crippen LogP contribution in [0.3, 0.4) is 0 Å². The molecule has 0 heterocycles. The topological polar surface area (TPSA) is 67.2 Å². The van der Waals surface area contributed by atoms with Gasteiger partial charge in [0.1, 0.15) is 5.82 Å². The first kappa shape index (κ1) is 12.4. The predicted octanol–water partition coefficient (Wildman–Crippen LogP) is 1.54. The summed E-state index contributed by atoms with van der Waals surface area (Å²) in [5.41, 5.74) is 6.28. The summed E-state index contributed by atoms with van der Waals surface area (Å²) >= 11 is 0. The Kier molecular flexibility index (Phi) is 4.72. The Labute approximate surface area is 94.0 Å². The van der Waals surface area contributed by atoms with E-state index < -0.39 is 0 Å². The van der Waals surface area contributed by atoms with Crippen molar-refractivity contribution in [2.24, 2.45) is 5.73 Å². The number of carbonyl (C=O) groups is 1. The molecule has 1 aromatic carbocycles. The molecule has 0 spiro atoms. The van der Waals surface area contributed by atoms with Gasteiger partial charge in [-0.2, -0.15) is 0 Å². The number of rotatable bonds is 5. The highest BCUT2D eigenvalue weighted by Gasteiger charge is 2.03. The maximum absolute atomic E-state index is 13.3. The summed E-state index contributed by atoms with van der Waals surface area (Å²) < 4.78 is 13.3. The van der Waals surface area contributed by atoms with Crippen molar-refractivity contribution in [3.05, 3.63) is 24.0 Å². The van der Waals surface area contributed by atoms with Crippen molar-refractivity contribution in [3.8, 4) is 0 Å². The van der Waals surface area contributed by atoms with Gasteiger partial charge in [0.25, 0.3) is 0 Å². The highest BCUT2D eigenvalue weighted by molar-refractivity contribution is 5.89. The zero-order chi connectivity index (χ0) is 12.0. The number of carbonyl (C=O) groups excluding carboxylic acids is 1. The monoisotopic (exact) mass is 225 g/mol. The van der Waals surface area contributed by atoms with Crippen LogP contribution >= 0.6 is 0 Å². The van der Waals surface area contributed by atoms with Gasteiger partial charge >= 0.3 is 0 Å². The van der Waals surface area contributed by atoms with Crippen LogP contribution in [-0.2, 0) is 4.79 Å². The molecular weight excluding hydrogens is 209 g/mol. The van der Waals surface area contributed by atoms with Crippen LogP contribution in [-0.4, -0.2) is 19.0 Å². The van der Waals surface area contributed by atoms with Crippen molar-refractivity contribution in [2.75, 3.05) is 23.7 Å². The molecule has 0 bridgehead atoms. The maximum atomic E-state index is 13.3. The fourth-order valence-electron chi connectivity index (χ4n) is 1.27. The molecule has 0 aromatic heterocycles. The lowest BCUT2D eigenvalue weighted by atomic mass is 10.2. The van der Waals surface area contributed by atoms with Crippen LogP contribution in [0.1, 0.15) is 13.3 Å². The van der Waals surface area contributed by atoms with Crippen LogP contribution in [0.15, 0.2) is 18.2 Å². The molecule has 1 aromatic rings. The van der Waals surface area contributed by atoms with Gasteiger partial charge in [-0.1, -0.05) is 0 Å². The summed E-state index contributed by atoms with van der Waals surface area (Å²) in [7, 11) is 0. The van der Waals surface area contributed by atoms with Crippen LogP contribution in [0.2, 0.25) is 0 Å². The molecule has 5 heteroatoms. The molecule has 1 amide bonds. The average molecular weight is 225 g/mol. The minimum atomic E-state index is -0.342. The van der Waals surface area contributed by atoms with Crippen LogP contribution in [0.4, 0.5) is 15.8 Å². The Morgan fingerprint density at radius 3 is 2.88 bits per heavy atom. The Balaban J connectivity index is 2.70. The average Bonchev–Trinajstić information content (AvgIpc) is 2.22. The second kappa shape index (κ2) is 6.07. The smallest absolute Gasteiger partial charge is 0.221 e. The third-order valence-corrected chi connectivity index (χ3v) is 1.98.